The third-order valence-corrected chi connectivity index (χ3v) is 5.05. The maximum Gasteiger partial charge on any atom is 0.211 e. The molecule has 0 aromatic rings. The molecule has 2 rings (SSSR count). The van der Waals surface area contributed by atoms with Crippen molar-refractivity contribution in [3.8, 4) is 0 Å². The number of hydrogen-bond donors (Lipinski definition) is 0. The number of ether oxygens (including phenoxy) is 3. The zero-order valence-corrected chi connectivity index (χ0v) is 12.9. The van der Waals surface area contributed by atoms with Crippen LogP contribution < -0.4 is 0 Å². The fraction of sp³-hybridized carbons (Fsp3) is 1.00. The quantitative estimate of drug-likeness (QED) is 0.684. The van der Waals surface area contributed by atoms with Gasteiger partial charge in [-0.1, -0.05) is 0 Å². The van der Waals surface area contributed by atoms with E-state index < -0.39 is 10.0 Å². The topological polar surface area (TPSA) is 65.1 Å². The van der Waals surface area contributed by atoms with Gasteiger partial charge in [-0.25, -0.2) is 12.7 Å². The lowest BCUT2D eigenvalue weighted by Crippen LogP contribution is -2.40. The number of nitrogens with zero attached hydrogens (tertiary/aromatic N) is 1. The van der Waals surface area contributed by atoms with Crippen molar-refractivity contribution in [1.82, 2.24) is 4.31 Å². The second kappa shape index (κ2) is 7.70. The van der Waals surface area contributed by atoms with Gasteiger partial charge < -0.3 is 14.2 Å². The highest BCUT2D eigenvalue weighted by molar-refractivity contribution is 7.88. The van der Waals surface area contributed by atoms with Gasteiger partial charge in [0, 0.05) is 19.7 Å². The Morgan fingerprint density at radius 3 is 2.40 bits per heavy atom. The molecule has 6 nitrogen and oxygen atoms in total. The van der Waals surface area contributed by atoms with Crippen LogP contribution >= 0.6 is 0 Å². The van der Waals surface area contributed by atoms with Crippen molar-refractivity contribution in [2.45, 2.75) is 44.5 Å². The van der Waals surface area contributed by atoms with Crippen molar-refractivity contribution in [3.05, 3.63) is 0 Å². The van der Waals surface area contributed by atoms with Crippen LogP contribution in [0.25, 0.3) is 0 Å². The van der Waals surface area contributed by atoms with E-state index in [9.17, 15) is 8.42 Å². The van der Waals surface area contributed by atoms with E-state index in [1.54, 1.807) is 0 Å². The van der Waals surface area contributed by atoms with E-state index in [-0.39, 0.29) is 12.4 Å². The van der Waals surface area contributed by atoms with Crippen molar-refractivity contribution in [2.24, 2.45) is 0 Å². The van der Waals surface area contributed by atoms with Gasteiger partial charge in [0.05, 0.1) is 25.6 Å². The molecule has 0 spiro atoms. The number of piperidine rings is 1. The highest BCUT2D eigenvalue weighted by Gasteiger charge is 2.25. The zero-order chi connectivity index (χ0) is 14.4. The Labute approximate surface area is 121 Å². The Balaban J connectivity index is 1.55. The Morgan fingerprint density at radius 1 is 1.10 bits per heavy atom. The molecule has 0 aromatic carbocycles. The summed E-state index contributed by atoms with van der Waals surface area (Å²) in [5.41, 5.74) is 0. The molecular weight excluding hydrogens is 282 g/mol. The van der Waals surface area contributed by atoms with E-state index in [0.29, 0.717) is 26.3 Å². The third kappa shape index (κ3) is 5.29. The third-order valence-electron chi connectivity index (χ3n) is 3.75. The Hall–Kier alpha value is -0.210. The average molecular weight is 307 g/mol. The van der Waals surface area contributed by atoms with Crippen LogP contribution in [0.1, 0.15) is 32.1 Å². The van der Waals surface area contributed by atoms with Gasteiger partial charge >= 0.3 is 0 Å². The largest absolute Gasteiger partial charge is 0.376 e. The van der Waals surface area contributed by atoms with E-state index >= 15 is 0 Å². The Kier molecular flexibility index (Phi) is 6.22. The van der Waals surface area contributed by atoms with E-state index in [0.717, 1.165) is 38.7 Å². The predicted molar refractivity (Wildman–Crippen MR) is 74.9 cm³/mol. The summed E-state index contributed by atoms with van der Waals surface area (Å²) >= 11 is 0. The van der Waals surface area contributed by atoms with E-state index in [1.165, 1.54) is 10.6 Å². The van der Waals surface area contributed by atoms with E-state index in [1.807, 2.05) is 0 Å². The summed E-state index contributed by atoms with van der Waals surface area (Å²) in [6, 6.07) is 0. The fourth-order valence-corrected chi connectivity index (χ4v) is 3.44. The van der Waals surface area contributed by atoms with Crippen molar-refractivity contribution in [2.75, 3.05) is 39.2 Å². The highest BCUT2D eigenvalue weighted by Crippen LogP contribution is 2.16. The molecule has 1 unspecified atom stereocenters. The molecule has 7 heteroatoms. The summed E-state index contributed by atoms with van der Waals surface area (Å²) in [7, 11) is -3.05. The van der Waals surface area contributed by atoms with Gasteiger partial charge in [0.25, 0.3) is 0 Å². The SMILES string of the molecule is CS(=O)(=O)N1CCC(OCCOC2CCCCO2)CC1. The smallest absolute Gasteiger partial charge is 0.211 e. The van der Waals surface area contributed by atoms with Gasteiger partial charge in [0.15, 0.2) is 6.29 Å². The lowest BCUT2D eigenvalue weighted by Gasteiger charge is -2.30. The molecule has 2 aliphatic heterocycles. The number of rotatable bonds is 6. The second-order valence-electron chi connectivity index (χ2n) is 5.40. The van der Waals surface area contributed by atoms with Crippen LogP contribution in [0.3, 0.4) is 0 Å². The van der Waals surface area contributed by atoms with Crippen LogP contribution in [0.2, 0.25) is 0 Å². The first-order valence-corrected chi connectivity index (χ1v) is 9.20. The Morgan fingerprint density at radius 2 is 1.80 bits per heavy atom. The molecule has 0 amide bonds. The number of hydrogen-bond acceptors (Lipinski definition) is 5. The first kappa shape index (κ1) is 16.2. The van der Waals surface area contributed by atoms with Crippen molar-refractivity contribution < 1.29 is 22.6 Å². The normalized spacial score (nSPS) is 26.8. The first-order valence-electron chi connectivity index (χ1n) is 7.35. The van der Waals surface area contributed by atoms with Gasteiger partial charge in [-0.15, -0.1) is 0 Å². The molecule has 0 aromatic heterocycles. The summed E-state index contributed by atoms with van der Waals surface area (Å²) in [4.78, 5) is 0. The molecule has 2 heterocycles. The second-order valence-corrected chi connectivity index (χ2v) is 7.38. The zero-order valence-electron chi connectivity index (χ0n) is 12.1. The van der Waals surface area contributed by atoms with Gasteiger partial charge in [0.1, 0.15) is 0 Å². The van der Waals surface area contributed by atoms with E-state index in [2.05, 4.69) is 0 Å². The molecule has 0 N–H and O–H groups in total. The molecule has 0 aliphatic carbocycles. The van der Waals surface area contributed by atoms with Crippen LogP contribution in [0.4, 0.5) is 0 Å². The van der Waals surface area contributed by atoms with E-state index in [4.69, 9.17) is 14.2 Å². The van der Waals surface area contributed by atoms with Crippen molar-refractivity contribution in [1.29, 1.82) is 0 Å². The molecule has 2 fully saturated rings. The highest BCUT2D eigenvalue weighted by atomic mass is 32.2. The summed E-state index contributed by atoms with van der Waals surface area (Å²) in [6.45, 7) is 2.97. The van der Waals surface area contributed by atoms with Gasteiger partial charge in [-0.3, -0.25) is 0 Å². The first-order chi connectivity index (χ1) is 9.55. The molecule has 0 bridgehead atoms. The molecule has 118 valence electrons. The van der Waals surface area contributed by atoms with Gasteiger partial charge in [-0.2, -0.15) is 0 Å². The molecular formula is C13H25NO5S. The monoisotopic (exact) mass is 307 g/mol. The fourth-order valence-electron chi connectivity index (χ4n) is 2.57. The van der Waals surface area contributed by atoms with Crippen molar-refractivity contribution in [3.63, 3.8) is 0 Å². The van der Waals surface area contributed by atoms with Crippen LogP contribution in [0, 0.1) is 0 Å². The van der Waals surface area contributed by atoms with Crippen LogP contribution in [-0.4, -0.2) is 64.3 Å². The van der Waals surface area contributed by atoms with Crippen molar-refractivity contribution >= 4 is 10.0 Å². The standard InChI is InChI=1S/C13H25NO5S/c1-20(15,16)14-7-5-12(6-8-14)17-10-11-19-13-4-2-3-9-18-13/h12-13H,2-11H2,1H3. The summed E-state index contributed by atoms with van der Waals surface area (Å²) < 4.78 is 41.1. The molecule has 20 heavy (non-hydrogen) atoms. The summed E-state index contributed by atoms with van der Waals surface area (Å²) in [5.74, 6) is 0. The van der Waals surface area contributed by atoms with Gasteiger partial charge in [-0.05, 0) is 32.1 Å². The molecule has 0 saturated carbocycles. The summed E-state index contributed by atoms with van der Waals surface area (Å²) in [5, 5.41) is 0. The number of sulfonamides is 1. The Bertz CT molecular complexity index is 372. The minimum Gasteiger partial charge on any atom is -0.376 e. The maximum atomic E-state index is 11.4. The maximum absolute atomic E-state index is 11.4. The molecule has 2 aliphatic rings. The van der Waals surface area contributed by atoms with Crippen LogP contribution in [0.15, 0.2) is 0 Å². The minimum absolute atomic E-state index is 0.0700. The molecule has 2 saturated heterocycles. The molecule has 1 atom stereocenters. The van der Waals surface area contributed by atoms with Gasteiger partial charge in [0.2, 0.25) is 10.0 Å². The average Bonchev–Trinajstić information content (AvgIpc) is 2.44. The lowest BCUT2D eigenvalue weighted by atomic mass is 10.1. The van der Waals surface area contributed by atoms with Crippen LogP contribution in [-0.2, 0) is 24.2 Å². The molecule has 0 radical (unpaired) electrons. The minimum atomic E-state index is -3.05. The summed E-state index contributed by atoms with van der Waals surface area (Å²) in [6.07, 6.45) is 6.09. The van der Waals surface area contributed by atoms with Crippen LogP contribution in [0.5, 0.6) is 0 Å². The predicted octanol–water partition coefficient (Wildman–Crippen LogP) is 0.970. The lowest BCUT2D eigenvalue weighted by molar-refractivity contribution is -0.172.